The second kappa shape index (κ2) is 5.13. The number of hydrogen-bond donors (Lipinski definition) is 0. The molecule has 0 aliphatic rings. The molecule has 1 heterocycles. The summed E-state index contributed by atoms with van der Waals surface area (Å²) in [7, 11) is 0. The van der Waals surface area contributed by atoms with Gasteiger partial charge in [-0.3, -0.25) is 4.98 Å². The quantitative estimate of drug-likeness (QED) is 0.782. The molecule has 0 spiro atoms. The maximum atomic E-state index is 12.7. The van der Waals surface area contributed by atoms with Crippen LogP contribution in [0.1, 0.15) is 11.3 Å². The van der Waals surface area contributed by atoms with E-state index < -0.39 is 41.0 Å². The Morgan fingerprint density at radius 3 is 2.26 bits per heavy atom. The van der Waals surface area contributed by atoms with Gasteiger partial charge in [-0.1, -0.05) is 11.6 Å². The number of nitriles is 1. The first kappa shape index (κ1) is 15.4. The van der Waals surface area contributed by atoms with E-state index in [0.717, 1.165) is 0 Å². The van der Waals surface area contributed by atoms with Gasteiger partial charge in [-0.25, -0.2) is 0 Å². The Hall–Kier alpha value is -1.69. The van der Waals surface area contributed by atoms with Crippen molar-refractivity contribution >= 4 is 11.6 Å². The van der Waals surface area contributed by atoms with Gasteiger partial charge in [-0.15, -0.1) is 13.2 Å². The summed E-state index contributed by atoms with van der Waals surface area (Å²) in [5, 5.41) is 7.06. The van der Waals surface area contributed by atoms with Gasteiger partial charge < -0.3 is 4.74 Å². The fourth-order valence-electron chi connectivity index (χ4n) is 1.20. The number of nitrogens with zero attached hydrogens (tertiary/aromatic N) is 2. The molecule has 0 aromatic carbocycles. The number of rotatable bonds is 2. The third kappa shape index (κ3) is 3.89. The summed E-state index contributed by atoms with van der Waals surface area (Å²) in [5.41, 5.74) is -2.38. The molecular weight excluding hydrogens is 302 g/mol. The van der Waals surface area contributed by atoms with Crippen molar-refractivity contribution in [3.05, 3.63) is 22.5 Å². The van der Waals surface area contributed by atoms with Crippen LogP contribution in [0.2, 0.25) is 5.02 Å². The fourth-order valence-corrected chi connectivity index (χ4v) is 1.50. The standard InChI is InChI=1S/C9H3ClF6N2O/c10-7-5(19-9(14,15)16)3-18-4(1-2-17)6(7)8(11,12)13/h3H,1H2. The highest BCUT2D eigenvalue weighted by Gasteiger charge is 2.40. The lowest BCUT2D eigenvalue weighted by atomic mass is 10.1. The number of alkyl halides is 6. The van der Waals surface area contributed by atoms with E-state index in [4.69, 9.17) is 16.9 Å². The molecule has 0 fully saturated rings. The largest absolute Gasteiger partial charge is 0.573 e. The Balaban J connectivity index is 3.39. The molecule has 10 heteroatoms. The molecule has 0 atom stereocenters. The van der Waals surface area contributed by atoms with Gasteiger partial charge in [0, 0.05) is 0 Å². The van der Waals surface area contributed by atoms with Crippen LogP contribution < -0.4 is 4.74 Å². The predicted molar refractivity (Wildman–Crippen MR) is 50.2 cm³/mol. The molecular formula is C9H3ClF6N2O. The predicted octanol–water partition coefficient (Wildman–Crippen LogP) is 3.72. The van der Waals surface area contributed by atoms with Crippen molar-refractivity contribution in [3.8, 4) is 11.8 Å². The van der Waals surface area contributed by atoms with Gasteiger partial charge in [0.1, 0.15) is 5.56 Å². The summed E-state index contributed by atoms with van der Waals surface area (Å²) in [6, 6.07) is 1.41. The Bertz CT molecular complexity index is 519. The molecule has 0 bridgehead atoms. The lowest BCUT2D eigenvalue weighted by Gasteiger charge is -2.16. The van der Waals surface area contributed by atoms with Crippen LogP contribution in [0.4, 0.5) is 26.3 Å². The van der Waals surface area contributed by atoms with Gasteiger partial charge in [0.15, 0.2) is 5.75 Å². The first-order chi connectivity index (χ1) is 8.56. The first-order valence-electron chi connectivity index (χ1n) is 4.43. The lowest BCUT2D eigenvalue weighted by Crippen LogP contribution is -2.19. The van der Waals surface area contributed by atoms with Crippen molar-refractivity contribution < 1.29 is 31.1 Å². The van der Waals surface area contributed by atoms with Gasteiger partial charge >= 0.3 is 12.5 Å². The van der Waals surface area contributed by atoms with E-state index in [-0.39, 0.29) is 0 Å². The van der Waals surface area contributed by atoms with Gasteiger partial charge in [0.25, 0.3) is 0 Å². The van der Waals surface area contributed by atoms with Crippen molar-refractivity contribution in [2.45, 2.75) is 19.0 Å². The van der Waals surface area contributed by atoms with E-state index in [1.54, 1.807) is 0 Å². The Morgan fingerprint density at radius 2 is 1.84 bits per heavy atom. The summed E-state index contributed by atoms with van der Waals surface area (Å²) < 4.78 is 77.2. The highest BCUT2D eigenvalue weighted by Crippen LogP contribution is 2.42. The van der Waals surface area contributed by atoms with Crippen LogP contribution in [0.5, 0.6) is 5.75 Å². The molecule has 0 unspecified atom stereocenters. The molecule has 0 amide bonds. The van der Waals surface area contributed by atoms with Crippen LogP contribution in [0, 0.1) is 11.3 Å². The molecule has 0 saturated heterocycles. The number of hydrogen-bond acceptors (Lipinski definition) is 3. The third-order valence-corrected chi connectivity index (χ3v) is 2.19. The monoisotopic (exact) mass is 304 g/mol. The zero-order chi connectivity index (χ0) is 14.8. The highest BCUT2D eigenvalue weighted by atomic mass is 35.5. The van der Waals surface area contributed by atoms with Crippen molar-refractivity contribution in [1.29, 1.82) is 5.26 Å². The van der Waals surface area contributed by atoms with Gasteiger partial charge in [-0.05, 0) is 0 Å². The molecule has 0 N–H and O–H groups in total. The maximum Gasteiger partial charge on any atom is 0.573 e. The number of pyridine rings is 1. The van der Waals surface area contributed by atoms with E-state index in [9.17, 15) is 26.3 Å². The van der Waals surface area contributed by atoms with E-state index >= 15 is 0 Å². The molecule has 0 radical (unpaired) electrons. The minimum atomic E-state index is -5.20. The van der Waals surface area contributed by atoms with E-state index in [0.29, 0.717) is 6.20 Å². The van der Waals surface area contributed by atoms with Gasteiger partial charge in [-0.2, -0.15) is 18.4 Å². The zero-order valence-corrected chi connectivity index (χ0v) is 9.49. The molecule has 1 aromatic heterocycles. The Morgan fingerprint density at radius 1 is 1.26 bits per heavy atom. The second-order valence-corrected chi connectivity index (χ2v) is 3.52. The first-order valence-corrected chi connectivity index (χ1v) is 4.81. The highest BCUT2D eigenvalue weighted by molar-refractivity contribution is 6.33. The van der Waals surface area contributed by atoms with Gasteiger partial charge in [0.05, 0.1) is 29.4 Å². The SMILES string of the molecule is N#CCc1ncc(OC(F)(F)F)c(Cl)c1C(F)(F)F. The van der Waals surface area contributed by atoms with Crippen LogP contribution in [0.25, 0.3) is 0 Å². The fraction of sp³-hybridized carbons (Fsp3) is 0.333. The smallest absolute Gasteiger partial charge is 0.403 e. The van der Waals surface area contributed by atoms with Crippen molar-refractivity contribution in [3.63, 3.8) is 0 Å². The summed E-state index contributed by atoms with van der Waals surface area (Å²) in [6.45, 7) is 0. The third-order valence-electron chi connectivity index (χ3n) is 1.82. The van der Waals surface area contributed by atoms with Gasteiger partial charge in [0.2, 0.25) is 0 Å². The zero-order valence-electron chi connectivity index (χ0n) is 8.73. The maximum absolute atomic E-state index is 12.7. The molecule has 104 valence electrons. The lowest BCUT2D eigenvalue weighted by molar-refractivity contribution is -0.274. The van der Waals surface area contributed by atoms with E-state index in [2.05, 4.69) is 9.72 Å². The minimum Gasteiger partial charge on any atom is -0.403 e. The number of ether oxygens (including phenoxy) is 1. The minimum absolute atomic E-state index is 0.387. The van der Waals surface area contributed by atoms with Crippen molar-refractivity contribution in [1.82, 2.24) is 4.98 Å². The summed E-state index contributed by atoms with van der Waals surface area (Å²) in [6.07, 6.45) is -10.6. The molecule has 0 aliphatic carbocycles. The normalized spacial score (nSPS) is 12.1. The average molecular weight is 305 g/mol. The molecule has 19 heavy (non-hydrogen) atoms. The number of halogens is 7. The van der Waals surface area contributed by atoms with Crippen molar-refractivity contribution in [2.24, 2.45) is 0 Å². The molecule has 1 rings (SSSR count). The van der Waals surface area contributed by atoms with Crippen molar-refractivity contribution in [2.75, 3.05) is 0 Å². The van der Waals surface area contributed by atoms with Crippen LogP contribution in [0.15, 0.2) is 6.20 Å². The molecule has 0 saturated carbocycles. The summed E-state index contributed by atoms with van der Waals surface area (Å²) >= 11 is 5.25. The Kier molecular flexibility index (Phi) is 4.15. The van der Waals surface area contributed by atoms with Crippen LogP contribution in [0.3, 0.4) is 0 Å². The summed E-state index contributed by atoms with van der Waals surface area (Å²) in [5.74, 6) is -1.27. The number of aromatic nitrogens is 1. The topological polar surface area (TPSA) is 45.9 Å². The molecule has 0 aliphatic heterocycles. The van der Waals surface area contributed by atoms with E-state index in [1.165, 1.54) is 6.07 Å². The van der Waals surface area contributed by atoms with E-state index in [1.807, 2.05) is 0 Å². The second-order valence-electron chi connectivity index (χ2n) is 3.14. The molecule has 3 nitrogen and oxygen atoms in total. The molecule has 1 aromatic rings. The van der Waals surface area contributed by atoms with Crippen LogP contribution >= 0.6 is 11.6 Å². The van der Waals surface area contributed by atoms with Crippen LogP contribution in [-0.4, -0.2) is 11.3 Å². The average Bonchev–Trinajstić information content (AvgIpc) is 2.19. The van der Waals surface area contributed by atoms with Crippen LogP contribution in [-0.2, 0) is 12.6 Å². The Labute approximate surface area is 107 Å². The summed E-state index contributed by atoms with van der Waals surface area (Å²) in [4.78, 5) is 3.13.